The minimum atomic E-state index is -0.465. The third kappa shape index (κ3) is 6.31. The number of ether oxygens (including phenoxy) is 2. The summed E-state index contributed by atoms with van der Waals surface area (Å²) in [4.78, 5) is 42.0. The SMILES string of the molecule is COc1ccc(C(=O)Nc2cccc(SC3=C(Nc4ccc(Br)cc4)C(=O)N(Cc4ccco4)C3=O)c2)c(OC)c1. The molecule has 2 heterocycles. The van der Waals surface area contributed by atoms with Crippen molar-refractivity contribution in [2.45, 2.75) is 11.4 Å². The monoisotopic (exact) mass is 633 g/mol. The minimum absolute atomic E-state index is 0.0000354. The Hall–Kier alpha value is -4.48. The summed E-state index contributed by atoms with van der Waals surface area (Å²) < 4.78 is 16.8. The van der Waals surface area contributed by atoms with Crippen LogP contribution in [0.5, 0.6) is 11.5 Å². The van der Waals surface area contributed by atoms with Gasteiger partial charge in [0.15, 0.2) is 0 Å². The van der Waals surface area contributed by atoms with E-state index in [1.54, 1.807) is 66.7 Å². The number of amides is 3. The Kier molecular flexibility index (Phi) is 8.46. The number of benzene rings is 3. The lowest BCUT2D eigenvalue weighted by Gasteiger charge is -2.13. The molecule has 1 aliphatic heterocycles. The maximum Gasteiger partial charge on any atom is 0.278 e. The summed E-state index contributed by atoms with van der Waals surface area (Å²) in [6, 6.07) is 22.6. The average molecular weight is 635 g/mol. The highest BCUT2D eigenvalue weighted by Crippen LogP contribution is 2.37. The van der Waals surface area contributed by atoms with Crippen LogP contribution in [-0.2, 0) is 16.1 Å². The second kappa shape index (κ2) is 12.4. The fourth-order valence-corrected chi connectivity index (χ4v) is 5.35. The van der Waals surface area contributed by atoms with Gasteiger partial charge < -0.3 is 24.5 Å². The first-order chi connectivity index (χ1) is 19.9. The topological polar surface area (TPSA) is 110 Å². The molecule has 0 radical (unpaired) electrons. The third-order valence-electron chi connectivity index (χ3n) is 6.10. The molecule has 2 N–H and O–H groups in total. The van der Waals surface area contributed by atoms with Crippen molar-refractivity contribution < 1.29 is 28.3 Å². The van der Waals surface area contributed by atoms with Crippen LogP contribution in [0.15, 0.2) is 110 Å². The van der Waals surface area contributed by atoms with E-state index in [0.29, 0.717) is 39.1 Å². The number of rotatable bonds is 10. The Balaban J connectivity index is 1.41. The maximum atomic E-state index is 13.5. The lowest BCUT2D eigenvalue weighted by Crippen LogP contribution is -2.31. The Labute approximate surface area is 248 Å². The van der Waals surface area contributed by atoms with E-state index >= 15 is 0 Å². The average Bonchev–Trinajstić information content (AvgIpc) is 3.57. The number of anilines is 2. The molecule has 208 valence electrons. The van der Waals surface area contributed by atoms with Crippen LogP contribution in [0.3, 0.4) is 0 Å². The molecule has 9 nitrogen and oxygen atoms in total. The lowest BCUT2D eigenvalue weighted by molar-refractivity contribution is -0.138. The number of thioether (sulfide) groups is 1. The number of nitrogens with zero attached hydrogens (tertiary/aromatic N) is 1. The van der Waals surface area contributed by atoms with E-state index in [0.717, 1.165) is 21.1 Å². The number of hydrogen-bond donors (Lipinski definition) is 2. The zero-order valence-electron chi connectivity index (χ0n) is 22.0. The van der Waals surface area contributed by atoms with E-state index in [1.807, 2.05) is 12.1 Å². The van der Waals surface area contributed by atoms with Gasteiger partial charge in [-0.05, 0) is 66.7 Å². The lowest BCUT2D eigenvalue weighted by atomic mass is 10.1. The molecule has 4 aromatic rings. The van der Waals surface area contributed by atoms with Crippen molar-refractivity contribution in [1.82, 2.24) is 4.90 Å². The minimum Gasteiger partial charge on any atom is -0.497 e. The van der Waals surface area contributed by atoms with Crippen molar-refractivity contribution in [3.63, 3.8) is 0 Å². The van der Waals surface area contributed by atoms with E-state index in [2.05, 4.69) is 26.6 Å². The van der Waals surface area contributed by atoms with Crippen molar-refractivity contribution in [2.24, 2.45) is 0 Å². The fraction of sp³-hybridized carbons (Fsp3) is 0.100. The largest absolute Gasteiger partial charge is 0.497 e. The quantitative estimate of drug-likeness (QED) is 0.196. The Morgan fingerprint density at radius 2 is 1.73 bits per heavy atom. The van der Waals surface area contributed by atoms with Crippen LogP contribution in [0.25, 0.3) is 0 Å². The van der Waals surface area contributed by atoms with Gasteiger partial charge in [0.25, 0.3) is 17.7 Å². The van der Waals surface area contributed by atoms with Gasteiger partial charge in [-0.15, -0.1) is 0 Å². The second-order valence-electron chi connectivity index (χ2n) is 8.76. The number of carbonyl (C=O) groups excluding carboxylic acids is 3. The van der Waals surface area contributed by atoms with Crippen LogP contribution >= 0.6 is 27.7 Å². The zero-order valence-corrected chi connectivity index (χ0v) is 24.4. The highest BCUT2D eigenvalue weighted by molar-refractivity contribution is 9.10. The van der Waals surface area contributed by atoms with Crippen molar-refractivity contribution >= 4 is 56.8 Å². The van der Waals surface area contributed by atoms with Crippen molar-refractivity contribution in [3.8, 4) is 11.5 Å². The molecule has 0 saturated heterocycles. The second-order valence-corrected chi connectivity index (χ2v) is 10.8. The van der Waals surface area contributed by atoms with Crippen LogP contribution in [0.1, 0.15) is 16.1 Å². The summed E-state index contributed by atoms with van der Waals surface area (Å²) in [5.41, 5.74) is 1.65. The van der Waals surface area contributed by atoms with Gasteiger partial charge in [0.05, 0.1) is 32.6 Å². The Bertz CT molecular complexity index is 1640. The van der Waals surface area contributed by atoms with Gasteiger partial charge in [0.2, 0.25) is 0 Å². The van der Waals surface area contributed by atoms with Crippen LogP contribution in [0.2, 0.25) is 0 Å². The van der Waals surface area contributed by atoms with Gasteiger partial charge in [0.1, 0.15) is 27.9 Å². The first kappa shape index (κ1) is 28.1. The van der Waals surface area contributed by atoms with E-state index in [1.165, 1.54) is 20.5 Å². The molecule has 3 amide bonds. The summed E-state index contributed by atoms with van der Waals surface area (Å²) in [6.07, 6.45) is 1.49. The van der Waals surface area contributed by atoms with Crippen molar-refractivity contribution in [3.05, 3.63) is 112 Å². The molecule has 0 bridgehead atoms. The molecule has 11 heteroatoms. The molecule has 3 aromatic carbocycles. The molecule has 0 fully saturated rings. The van der Waals surface area contributed by atoms with Crippen LogP contribution in [-0.4, -0.2) is 36.8 Å². The molecule has 0 spiro atoms. The maximum absolute atomic E-state index is 13.5. The van der Waals surface area contributed by atoms with Crippen LogP contribution in [0.4, 0.5) is 11.4 Å². The summed E-state index contributed by atoms with van der Waals surface area (Å²) in [7, 11) is 3.01. The van der Waals surface area contributed by atoms with Crippen LogP contribution < -0.4 is 20.1 Å². The molecule has 1 aromatic heterocycles. The molecule has 5 rings (SSSR count). The van der Waals surface area contributed by atoms with Gasteiger partial charge in [0, 0.05) is 26.8 Å². The Morgan fingerprint density at radius 3 is 2.44 bits per heavy atom. The molecule has 41 heavy (non-hydrogen) atoms. The zero-order chi connectivity index (χ0) is 28.9. The number of carbonyl (C=O) groups is 3. The van der Waals surface area contributed by atoms with Gasteiger partial charge in [-0.3, -0.25) is 19.3 Å². The number of hydrogen-bond acceptors (Lipinski definition) is 8. The van der Waals surface area contributed by atoms with Gasteiger partial charge in [-0.2, -0.15) is 0 Å². The molecule has 1 aliphatic rings. The highest BCUT2D eigenvalue weighted by Gasteiger charge is 2.39. The number of methoxy groups -OCH3 is 2. The summed E-state index contributed by atoms with van der Waals surface area (Å²) in [5.74, 6) is 0.128. The van der Waals surface area contributed by atoms with E-state index in [-0.39, 0.29) is 23.1 Å². The summed E-state index contributed by atoms with van der Waals surface area (Å²) >= 11 is 4.54. The smallest absolute Gasteiger partial charge is 0.278 e. The van der Waals surface area contributed by atoms with Gasteiger partial charge in [-0.25, -0.2) is 0 Å². The normalized spacial score (nSPS) is 13.0. The number of imide groups is 1. The first-order valence-electron chi connectivity index (χ1n) is 12.3. The number of halogens is 1. The third-order valence-corrected chi connectivity index (χ3v) is 7.70. The van der Waals surface area contributed by atoms with E-state index < -0.39 is 11.8 Å². The summed E-state index contributed by atoms with van der Waals surface area (Å²) in [6.45, 7) is 0.0000354. The fourth-order valence-electron chi connectivity index (χ4n) is 4.08. The Morgan fingerprint density at radius 1 is 0.927 bits per heavy atom. The molecule has 0 aliphatic carbocycles. The van der Waals surface area contributed by atoms with E-state index in [4.69, 9.17) is 13.9 Å². The predicted octanol–water partition coefficient (Wildman–Crippen LogP) is 6.30. The van der Waals surface area contributed by atoms with Crippen LogP contribution in [0, 0.1) is 0 Å². The summed E-state index contributed by atoms with van der Waals surface area (Å²) in [5, 5.41) is 5.99. The molecular formula is C30H24BrN3O6S. The highest BCUT2D eigenvalue weighted by atomic mass is 79.9. The van der Waals surface area contributed by atoms with Gasteiger partial charge in [-0.1, -0.05) is 33.8 Å². The standard InChI is InChI=1S/C30H24BrN3O6S/c1-38-21-12-13-24(25(16-21)39-2)28(35)33-20-5-3-7-23(15-20)41-27-26(32-19-10-8-18(31)9-11-19)29(36)34(30(27)37)17-22-6-4-14-40-22/h3-16,32H,17H2,1-2H3,(H,33,35). The molecule has 0 saturated carbocycles. The number of furan rings is 1. The molecular weight excluding hydrogens is 610 g/mol. The van der Waals surface area contributed by atoms with Crippen molar-refractivity contribution in [2.75, 3.05) is 24.9 Å². The predicted molar refractivity (Wildman–Crippen MR) is 159 cm³/mol. The molecule has 0 unspecified atom stereocenters. The van der Waals surface area contributed by atoms with E-state index in [9.17, 15) is 14.4 Å². The first-order valence-corrected chi connectivity index (χ1v) is 13.9. The van der Waals surface area contributed by atoms with Gasteiger partial charge >= 0.3 is 0 Å². The van der Waals surface area contributed by atoms with Crippen molar-refractivity contribution in [1.29, 1.82) is 0 Å². The number of nitrogens with one attached hydrogen (secondary N) is 2. The molecule has 0 atom stereocenters.